The topological polar surface area (TPSA) is 38.4 Å². The molecule has 3 heteroatoms. The molecule has 8 aromatic rings. The van der Waals surface area contributed by atoms with E-state index in [4.69, 9.17) is 14.4 Å². The van der Waals surface area contributed by atoms with Crippen molar-refractivity contribution in [3.05, 3.63) is 204 Å². The lowest BCUT2D eigenvalue weighted by Crippen LogP contribution is -2.26. The minimum Gasteiger partial charge on any atom is -0.455 e. The van der Waals surface area contributed by atoms with Gasteiger partial charge in [-0.2, -0.15) is 0 Å². The molecule has 0 N–H and O–H groups in total. The molecular weight excluding hydrogens is 633 g/mol. The first-order chi connectivity index (χ1) is 25.6. The van der Waals surface area contributed by atoms with Crippen LogP contribution in [-0.2, 0) is 5.41 Å². The SMILES string of the molecule is C=C1C=CC=C/C1=N/C(=C)c1ccc2c(c1)C1(c3ccccc3-c3cc4oc5ccc#cc5c4cc31)c1cc(-c3ccc4ccccc4n3)ccc1-2. The number of allylic oxidation sites excluding steroid dienone is 5. The van der Waals surface area contributed by atoms with E-state index in [0.717, 1.165) is 60.9 Å². The Labute approximate surface area is 300 Å². The zero-order valence-electron chi connectivity index (χ0n) is 28.1. The summed E-state index contributed by atoms with van der Waals surface area (Å²) in [7, 11) is 0. The lowest BCUT2D eigenvalue weighted by atomic mass is 9.70. The highest BCUT2D eigenvalue weighted by molar-refractivity contribution is 6.13. The summed E-state index contributed by atoms with van der Waals surface area (Å²) in [5.41, 5.74) is 17.0. The first-order valence-electron chi connectivity index (χ1n) is 17.4. The molecule has 52 heavy (non-hydrogen) atoms. The van der Waals surface area contributed by atoms with E-state index in [-0.39, 0.29) is 0 Å². The fourth-order valence-corrected chi connectivity index (χ4v) is 8.66. The number of aromatic nitrogens is 1. The van der Waals surface area contributed by atoms with Crippen molar-refractivity contribution >= 4 is 44.3 Å². The lowest BCUT2D eigenvalue weighted by Gasteiger charge is -2.31. The molecule has 0 radical (unpaired) electrons. The van der Waals surface area contributed by atoms with E-state index in [0.29, 0.717) is 5.70 Å². The highest BCUT2D eigenvalue weighted by Crippen LogP contribution is 2.64. The van der Waals surface area contributed by atoms with Crippen LogP contribution in [0.1, 0.15) is 27.8 Å². The number of para-hydroxylation sites is 1. The molecule has 3 nitrogen and oxygen atoms in total. The predicted octanol–water partition coefficient (Wildman–Crippen LogP) is 11.8. The maximum atomic E-state index is 6.42. The van der Waals surface area contributed by atoms with Crippen molar-refractivity contribution < 1.29 is 4.42 Å². The molecule has 0 saturated heterocycles. The van der Waals surface area contributed by atoms with Gasteiger partial charge < -0.3 is 4.42 Å². The summed E-state index contributed by atoms with van der Waals surface area (Å²) < 4.78 is 6.42. The number of rotatable bonds is 3. The third-order valence-electron chi connectivity index (χ3n) is 11.0. The van der Waals surface area contributed by atoms with Gasteiger partial charge in [-0.1, -0.05) is 116 Å². The molecule has 0 aliphatic heterocycles. The molecule has 0 bridgehead atoms. The van der Waals surface area contributed by atoms with Gasteiger partial charge in [-0.15, -0.1) is 0 Å². The van der Waals surface area contributed by atoms with Gasteiger partial charge in [-0.25, -0.2) is 9.98 Å². The summed E-state index contributed by atoms with van der Waals surface area (Å²) in [4.78, 5) is 10.1. The number of fused-ring (bicyclic) bond motifs is 14. The third-order valence-corrected chi connectivity index (χ3v) is 11.0. The van der Waals surface area contributed by atoms with Gasteiger partial charge in [-0.05, 0) is 110 Å². The van der Waals surface area contributed by atoms with Crippen LogP contribution in [0, 0.1) is 12.1 Å². The number of hydrogen-bond acceptors (Lipinski definition) is 3. The normalized spacial score (nSPS) is 17.2. The minimum atomic E-state index is -0.625. The molecular formula is C49H28N2O. The van der Waals surface area contributed by atoms with Crippen LogP contribution in [0.2, 0.25) is 0 Å². The van der Waals surface area contributed by atoms with Crippen LogP contribution in [0.15, 0.2) is 174 Å². The van der Waals surface area contributed by atoms with Gasteiger partial charge in [0.25, 0.3) is 0 Å². The Morgan fingerprint density at radius 3 is 2.40 bits per heavy atom. The second-order valence-electron chi connectivity index (χ2n) is 13.7. The van der Waals surface area contributed by atoms with Crippen molar-refractivity contribution in [2.24, 2.45) is 4.99 Å². The largest absolute Gasteiger partial charge is 0.455 e. The molecule has 1 atom stereocenters. The number of aliphatic imine (C=N–C) groups is 1. The summed E-state index contributed by atoms with van der Waals surface area (Å²) in [5, 5.41) is 3.09. The minimum absolute atomic E-state index is 0.625. The Kier molecular flexibility index (Phi) is 5.81. The number of furan rings is 1. The van der Waals surface area contributed by atoms with Gasteiger partial charge in [-0.3, -0.25) is 0 Å². The summed E-state index contributed by atoms with van der Waals surface area (Å²) >= 11 is 0. The average molecular weight is 661 g/mol. The Hall–Kier alpha value is -7.02. The van der Waals surface area contributed by atoms with Gasteiger partial charge in [0.1, 0.15) is 11.2 Å². The maximum Gasteiger partial charge on any atom is 0.144 e. The molecule has 3 aliphatic rings. The monoisotopic (exact) mass is 660 g/mol. The van der Waals surface area contributed by atoms with E-state index in [2.05, 4.69) is 128 Å². The fraction of sp³-hybridized carbons (Fsp3) is 0.0204. The lowest BCUT2D eigenvalue weighted by molar-refractivity contribution is 0.669. The second-order valence-corrected chi connectivity index (χ2v) is 13.7. The molecule has 0 saturated carbocycles. The van der Waals surface area contributed by atoms with Crippen LogP contribution in [0.25, 0.3) is 72.0 Å². The summed E-state index contributed by atoms with van der Waals surface area (Å²) in [6.07, 6.45) is 7.93. The van der Waals surface area contributed by atoms with Gasteiger partial charge in [0, 0.05) is 16.3 Å². The van der Waals surface area contributed by atoms with E-state index < -0.39 is 5.41 Å². The molecule has 2 aromatic heterocycles. The summed E-state index contributed by atoms with van der Waals surface area (Å²) in [5.74, 6) is 0. The Morgan fingerprint density at radius 2 is 1.48 bits per heavy atom. The van der Waals surface area contributed by atoms with E-state index in [1.54, 1.807) is 0 Å². The predicted molar refractivity (Wildman–Crippen MR) is 212 cm³/mol. The molecule has 2 heterocycles. The second kappa shape index (κ2) is 10.5. The molecule has 0 amide bonds. The standard InChI is InChI=1S/C49H28N2O/c1-29-11-3-8-16-44(29)50-30(2)32-19-22-35-36-23-20-33(46-24-21-31-12-4-9-17-45(31)51-46)26-42(36)49(41(35)25-32)40-15-7-5-13-34(40)38-28-48-39(27-43(38)49)37-14-6-10-18-47(37)52-48/h3-5,7-13,15-28H,1-2H2/b50-44-. The molecule has 6 aromatic carbocycles. The molecule has 11 rings (SSSR count). The first kappa shape index (κ1) is 28.8. The van der Waals surface area contributed by atoms with Crippen molar-refractivity contribution in [1.29, 1.82) is 0 Å². The van der Waals surface area contributed by atoms with Crippen molar-refractivity contribution in [3.63, 3.8) is 0 Å². The average Bonchev–Trinajstić information content (AvgIpc) is 3.80. The van der Waals surface area contributed by atoms with E-state index in [9.17, 15) is 0 Å². The van der Waals surface area contributed by atoms with E-state index >= 15 is 0 Å². The quantitative estimate of drug-likeness (QED) is 0.189. The summed E-state index contributed by atoms with van der Waals surface area (Å²) in [6, 6.07) is 49.9. The van der Waals surface area contributed by atoms with Crippen LogP contribution in [-0.4, -0.2) is 10.7 Å². The fourth-order valence-electron chi connectivity index (χ4n) is 8.66. The molecule has 3 aliphatic carbocycles. The smallest absolute Gasteiger partial charge is 0.144 e. The molecule has 1 unspecified atom stereocenters. The van der Waals surface area contributed by atoms with Crippen LogP contribution in [0.4, 0.5) is 0 Å². The van der Waals surface area contributed by atoms with E-state index in [1.165, 1.54) is 44.5 Å². The maximum absolute atomic E-state index is 6.42. The van der Waals surface area contributed by atoms with Gasteiger partial charge >= 0.3 is 0 Å². The zero-order valence-corrected chi connectivity index (χ0v) is 28.1. The third kappa shape index (κ3) is 3.87. The van der Waals surface area contributed by atoms with Crippen molar-refractivity contribution in [1.82, 2.24) is 4.98 Å². The summed E-state index contributed by atoms with van der Waals surface area (Å²) in [6.45, 7) is 8.66. The highest BCUT2D eigenvalue weighted by Gasteiger charge is 2.52. The number of pyridine rings is 1. The Morgan fingerprint density at radius 1 is 0.692 bits per heavy atom. The van der Waals surface area contributed by atoms with Gasteiger partial charge in [0.05, 0.1) is 33.4 Å². The molecule has 1 spiro atoms. The van der Waals surface area contributed by atoms with Crippen LogP contribution in [0.5, 0.6) is 0 Å². The van der Waals surface area contributed by atoms with Crippen molar-refractivity contribution in [3.8, 4) is 33.5 Å². The first-order valence-corrected chi connectivity index (χ1v) is 17.4. The number of hydrogen-bond donors (Lipinski definition) is 0. The van der Waals surface area contributed by atoms with Crippen LogP contribution >= 0.6 is 0 Å². The Bertz CT molecular complexity index is 3010. The number of benzene rings is 5. The van der Waals surface area contributed by atoms with Crippen LogP contribution in [0.3, 0.4) is 0 Å². The zero-order chi connectivity index (χ0) is 34.6. The highest BCUT2D eigenvalue weighted by atomic mass is 16.3. The Balaban J connectivity index is 1.21. The number of nitrogens with zero attached hydrogens (tertiary/aromatic N) is 2. The van der Waals surface area contributed by atoms with Crippen LogP contribution < -0.4 is 0 Å². The van der Waals surface area contributed by atoms with E-state index in [1.807, 2.05) is 42.5 Å². The van der Waals surface area contributed by atoms with Gasteiger partial charge in [0.15, 0.2) is 0 Å². The van der Waals surface area contributed by atoms with Crippen molar-refractivity contribution in [2.75, 3.05) is 0 Å². The van der Waals surface area contributed by atoms with Crippen molar-refractivity contribution in [2.45, 2.75) is 5.41 Å². The molecule has 0 fully saturated rings. The van der Waals surface area contributed by atoms with Gasteiger partial charge in [0.2, 0.25) is 0 Å². The molecule has 240 valence electrons.